The molecule has 1 aliphatic carbocycles. The second kappa shape index (κ2) is 6.03. The van der Waals surface area contributed by atoms with Gasteiger partial charge in [-0.1, -0.05) is 26.2 Å². The highest BCUT2D eigenvalue weighted by atomic mass is 16.1. The first-order valence-electron chi connectivity index (χ1n) is 7.06. The Morgan fingerprint density at radius 3 is 2.94 bits per heavy atom. The molecule has 4 nitrogen and oxygen atoms in total. The maximum Gasteiger partial charge on any atom is 0.293 e. The molecule has 0 amide bonds. The first-order chi connectivity index (χ1) is 8.72. The maximum atomic E-state index is 12.2. The Kier molecular flexibility index (Phi) is 4.39. The average molecular weight is 249 g/mol. The third kappa shape index (κ3) is 3.34. The minimum atomic E-state index is 0.0299. The molecule has 0 bridgehead atoms. The third-order valence-electron chi connectivity index (χ3n) is 3.43. The summed E-state index contributed by atoms with van der Waals surface area (Å²) in [5, 5.41) is 3.25. The second-order valence-electron chi connectivity index (χ2n) is 5.26. The van der Waals surface area contributed by atoms with Crippen molar-refractivity contribution >= 4 is 5.82 Å². The molecule has 100 valence electrons. The van der Waals surface area contributed by atoms with Crippen LogP contribution in [0.15, 0.2) is 17.2 Å². The van der Waals surface area contributed by atoms with E-state index in [-0.39, 0.29) is 5.56 Å². The van der Waals surface area contributed by atoms with Crippen LogP contribution >= 0.6 is 0 Å². The zero-order chi connectivity index (χ0) is 13.0. The Bertz CT molecular complexity index is 437. The molecule has 1 heterocycles. The third-order valence-corrected chi connectivity index (χ3v) is 3.43. The summed E-state index contributed by atoms with van der Waals surface area (Å²) >= 11 is 0. The molecule has 2 rings (SSSR count). The van der Waals surface area contributed by atoms with Crippen LogP contribution in [0.3, 0.4) is 0 Å². The largest absolute Gasteiger partial charge is 0.363 e. The number of hydrogen-bond acceptors (Lipinski definition) is 3. The van der Waals surface area contributed by atoms with Crippen molar-refractivity contribution in [3.63, 3.8) is 0 Å². The molecule has 0 saturated heterocycles. The summed E-state index contributed by atoms with van der Waals surface area (Å²) in [6.45, 7) is 4.32. The van der Waals surface area contributed by atoms with Gasteiger partial charge in [-0.05, 0) is 26.2 Å². The zero-order valence-corrected chi connectivity index (χ0v) is 11.4. The van der Waals surface area contributed by atoms with Gasteiger partial charge in [-0.15, -0.1) is 0 Å². The van der Waals surface area contributed by atoms with Crippen LogP contribution in [-0.4, -0.2) is 15.6 Å². The molecular formula is C14H23N3O. The van der Waals surface area contributed by atoms with Crippen LogP contribution in [0.1, 0.15) is 58.4 Å². The van der Waals surface area contributed by atoms with Gasteiger partial charge in [0, 0.05) is 24.5 Å². The van der Waals surface area contributed by atoms with Gasteiger partial charge in [-0.2, -0.15) is 0 Å². The lowest BCUT2D eigenvalue weighted by Gasteiger charge is -2.14. The molecule has 0 radical (unpaired) electrons. The van der Waals surface area contributed by atoms with Crippen LogP contribution in [0.5, 0.6) is 0 Å². The molecule has 1 atom stereocenters. The van der Waals surface area contributed by atoms with Gasteiger partial charge >= 0.3 is 0 Å². The monoisotopic (exact) mass is 249 g/mol. The number of nitrogens with zero attached hydrogens (tertiary/aromatic N) is 2. The normalized spacial score (nSPS) is 16.6. The number of hydrogen-bond donors (Lipinski definition) is 1. The lowest BCUT2D eigenvalue weighted by atomic mass is 10.1. The fourth-order valence-electron chi connectivity index (χ4n) is 2.17. The lowest BCUT2D eigenvalue weighted by Crippen LogP contribution is -2.27. The van der Waals surface area contributed by atoms with Gasteiger partial charge in [0.1, 0.15) is 0 Å². The van der Waals surface area contributed by atoms with E-state index >= 15 is 0 Å². The zero-order valence-electron chi connectivity index (χ0n) is 11.4. The van der Waals surface area contributed by atoms with E-state index in [4.69, 9.17) is 0 Å². The van der Waals surface area contributed by atoms with Gasteiger partial charge in [0.05, 0.1) is 0 Å². The highest BCUT2D eigenvalue weighted by molar-refractivity contribution is 5.32. The summed E-state index contributed by atoms with van der Waals surface area (Å²) in [5.41, 5.74) is 0.0299. The molecule has 1 aromatic rings. The van der Waals surface area contributed by atoms with Crippen molar-refractivity contribution in [2.75, 3.05) is 5.32 Å². The molecule has 1 N–H and O–H groups in total. The van der Waals surface area contributed by atoms with E-state index < -0.39 is 0 Å². The van der Waals surface area contributed by atoms with Gasteiger partial charge in [0.2, 0.25) is 0 Å². The smallest absolute Gasteiger partial charge is 0.293 e. The van der Waals surface area contributed by atoms with Crippen molar-refractivity contribution in [2.24, 2.45) is 0 Å². The molecule has 1 aliphatic rings. The van der Waals surface area contributed by atoms with Crippen LogP contribution in [0.25, 0.3) is 0 Å². The standard InChI is InChI=1S/C14H23N3O/c1-3-4-5-6-11(2)16-13-14(18)17(10-9-15-13)12-7-8-12/h9-12H,3-8H2,1-2H3,(H,15,16). The van der Waals surface area contributed by atoms with Gasteiger partial charge < -0.3 is 9.88 Å². The minimum Gasteiger partial charge on any atom is -0.363 e. The second-order valence-corrected chi connectivity index (χ2v) is 5.26. The van der Waals surface area contributed by atoms with Gasteiger partial charge in [-0.3, -0.25) is 4.79 Å². The van der Waals surface area contributed by atoms with Crippen LogP contribution in [0, 0.1) is 0 Å². The Morgan fingerprint density at radius 1 is 1.50 bits per heavy atom. The number of unbranched alkanes of at least 4 members (excludes halogenated alkanes) is 2. The number of anilines is 1. The molecular weight excluding hydrogens is 226 g/mol. The summed E-state index contributed by atoms with van der Waals surface area (Å²) in [6.07, 6.45) is 10.5. The van der Waals surface area contributed by atoms with Crippen LogP contribution in [0.4, 0.5) is 5.82 Å². The first kappa shape index (κ1) is 13.1. The number of rotatable bonds is 7. The van der Waals surface area contributed by atoms with Crippen molar-refractivity contribution in [1.29, 1.82) is 0 Å². The summed E-state index contributed by atoms with van der Waals surface area (Å²) in [7, 11) is 0. The predicted molar refractivity (Wildman–Crippen MR) is 74.0 cm³/mol. The van der Waals surface area contributed by atoms with E-state index in [0.717, 1.165) is 19.3 Å². The van der Waals surface area contributed by atoms with Crippen LogP contribution < -0.4 is 10.9 Å². The maximum absolute atomic E-state index is 12.2. The van der Waals surface area contributed by atoms with Crippen LogP contribution in [-0.2, 0) is 0 Å². The number of nitrogens with one attached hydrogen (secondary N) is 1. The molecule has 0 aliphatic heterocycles. The van der Waals surface area contributed by atoms with Crippen LogP contribution in [0.2, 0.25) is 0 Å². The Balaban J connectivity index is 1.96. The topological polar surface area (TPSA) is 46.9 Å². The molecule has 0 aromatic carbocycles. The van der Waals surface area contributed by atoms with Crippen molar-refractivity contribution in [1.82, 2.24) is 9.55 Å². The Morgan fingerprint density at radius 2 is 2.28 bits per heavy atom. The molecule has 0 spiro atoms. The summed E-state index contributed by atoms with van der Waals surface area (Å²) in [5.74, 6) is 0.508. The Hall–Kier alpha value is -1.32. The van der Waals surface area contributed by atoms with E-state index in [2.05, 4.69) is 24.1 Å². The van der Waals surface area contributed by atoms with E-state index in [9.17, 15) is 4.79 Å². The van der Waals surface area contributed by atoms with Crippen molar-refractivity contribution in [3.8, 4) is 0 Å². The molecule has 1 fully saturated rings. The van der Waals surface area contributed by atoms with E-state index in [1.807, 2.05) is 4.57 Å². The van der Waals surface area contributed by atoms with Gasteiger partial charge in [0.25, 0.3) is 5.56 Å². The van der Waals surface area contributed by atoms with E-state index in [1.165, 1.54) is 19.3 Å². The fourth-order valence-corrected chi connectivity index (χ4v) is 2.17. The summed E-state index contributed by atoms with van der Waals surface area (Å²) in [6, 6.07) is 0.725. The highest BCUT2D eigenvalue weighted by Crippen LogP contribution is 2.33. The molecule has 1 saturated carbocycles. The van der Waals surface area contributed by atoms with Gasteiger partial charge in [0.15, 0.2) is 5.82 Å². The minimum absolute atomic E-state index is 0.0299. The number of aromatic nitrogens is 2. The average Bonchev–Trinajstić information content (AvgIpc) is 3.16. The quantitative estimate of drug-likeness (QED) is 0.756. The summed E-state index contributed by atoms with van der Waals surface area (Å²) in [4.78, 5) is 16.3. The molecule has 4 heteroatoms. The molecule has 18 heavy (non-hydrogen) atoms. The van der Waals surface area contributed by atoms with E-state index in [1.54, 1.807) is 12.4 Å². The Labute approximate surface area is 108 Å². The lowest BCUT2D eigenvalue weighted by molar-refractivity contribution is 0.610. The molecule has 1 unspecified atom stereocenters. The SMILES string of the molecule is CCCCCC(C)Nc1nccn(C2CC2)c1=O. The first-order valence-corrected chi connectivity index (χ1v) is 7.06. The summed E-state index contributed by atoms with van der Waals surface area (Å²) < 4.78 is 1.81. The van der Waals surface area contributed by atoms with E-state index in [0.29, 0.717) is 17.9 Å². The molecule has 1 aromatic heterocycles. The van der Waals surface area contributed by atoms with Crippen molar-refractivity contribution in [2.45, 2.75) is 64.5 Å². The van der Waals surface area contributed by atoms with Crippen molar-refractivity contribution in [3.05, 3.63) is 22.7 Å². The fraction of sp³-hybridized carbons (Fsp3) is 0.714. The highest BCUT2D eigenvalue weighted by Gasteiger charge is 2.25. The van der Waals surface area contributed by atoms with Crippen molar-refractivity contribution < 1.29 is 0 Å². The predicted octanol–water partition coefficient (Wildman–Crippen LogP) is 2.96. The van der Waals surface area contributed by atoms with Gasteiger partial charge in [-0.25, -0.2) is 4.98 Å².